The van der Waals surface area contributed by atoms with E-state index in [1.165, 1.54) is 4.90 Å². The molecule has 1 aromatic carbocycles. The number of amides is 3. The summed E-state index contributed by atoms with van der Waals surface area (Å²) in [4.78, 5) is 51.2. The molecule has 3 amide bonds. The van der Waals surface area contributed by atoms with Gasteiger partial charge in [-0.2, -0.15) is 5.26 Å². The maximum absolute atomic E-state index is 13.8. The van der Waals surface area contributed by atoms with E-state index in [-0.39, 0.29) is 24.8 Å². The number of aliphatic hydroxyl groups excluding tert-OH is 1. The molecule has 1 saturated carbocycles. The van der Waals surface area contributed by atoms with Gasteiger partial charge in [-0.1, -0.05) is 45.0 Å². The first kappa shape index (κ1) is 27.0. The van der Waals surface area contributed by atoms with Crippen LogP contribution in [0.4, 0.5) is 0 Å². The number of nitrogens with zero attached hydrogens (tertiary/aromatic N) is 4. The normalized spacial score (nSPS) is 24.5. The van der Waals surface area contributed by atoms with Crippen LogP contribution in [-0.2, 0) is 14.4 Å². The molecule has 0 spiro atoms. The number of aryl methyl sites for hydroxylation is 1. The molecule has 39 heavy (non-hydrogen) atoms. The third-order valence-corrected chi connectivity index (χ3v) is 8.64. The summed E-state index contributed by atoms with van der Waals surface area (Å²) in [6.45, 7) is 7.52. The van der Waals surface area contributed by atoms with Gasteiger partial charge in [-0.25, -0.2) is 4.98 Å². The fraction of sp³-hybridized carbons (Fsp3) is 0.500. The summed E-state index contributed by atoms with van der Waals surface area (Å²) in [5.74, 6) is -0.799. The SMILES string of the molecule is Cc1ncsc1-c1ccc(C2N=C(C3C[C@@H](O)CN3C(=O)C(NC(=O)C3(C#N)CC3)C(C)(C)C)NC2=O)cc1. The van der Waals surface area contributed by atoms with Gasteiger partial charge in [0.1, 0.15) is 17.3 Å². The summed E-state index contributed by atoms with van der Waals surface area (Å²) < 4.78 is 0. The number of aliphatic hydroxyl groups is 1. The van der Waals surface area contributed by atoms with E-state index < -0.39 is 41.0 Å². The van der Waals surface area contributed by atoms with Gasteiger partial charge < -0.3 is 20.6 Å². The molecular weight excluding hydrogens is 516 g/mol. The second-order valence-electron chi connectivity index (χ2n) is 11.7. The van der Waals surface area contributed by atoms with Crippen molar-refractivity contribution in [2.75, 3.05) is 6.54 Å². The smallest absolute Gasteiger partial charge is 0.254 e. The topological polar surface area (TPSA) is 148 Å². The Hall–Kier alpha value is -3.62. The van der Waals surface area contributed by atoms with Crippen LogP contribution in [0.1, 0.15) is 57.3 Å². The Bertz CT molecular complexity index is 1380. The number of aromatic nitrogens is 1. The maximum Gasteiger partial charge on any atom is 0.254 e. The molecule has 11 heteroatoms. The monoisotopic (exact) mass is 548 g/mol. The highest BCUT2D eigenvalue weighted by Crippen LogP contribution is 2.45. The van der Waals surface area contributed by atoms with Crippen molar-refractivity contribution in [1.29, 1.82) is 5.26 Å². The first-order valence-corrected chi connectivity index (χ1v) is 13.9. The number of nitrogens with one attached hydrogen (secondary N) is 2. The second kappa shape index (κ2) is 9.84. The van der Waals surface area contributed by atoms with Crippen molar-refractivity contribution in [3.8, 4) is 16.5 Å². The molecule has 2 aromatic rings. The summed E-state index contributed by atoms with van der Waals surface area (Å²) in [5.41, 5.74) is 2.75. The molecule has 10 nitrogen and oxygen atoms in total. The molecule has 0 radical (unpaired) electrons. The third-order valence-electron chi connectivity index (χ3n) is 7.67. The Morgan fingerprint density at radius 1 is 1.28 bits per heavy atom. The third kappa shape index (κ3) is 5.06. The molecule has 2 fully saturated rings. The van der Waals surface area contributed by atoms with Gasteiger partial charge in [0.15, 0.2) is 6.04 Å². The van der Waals surface area contributed by atoms with Gasteiger partial charge >= 0.3 is 0 Å². The number of nitriles is 1. The standard InChI is InChI=1S/C28H32N6O4S/c1-15-21(39-14-30-15)17-7-5-16(6-8-17)20-24(36)33-23(31-20)19-11-18(35)12-34(19)25(37)22(27(2,3)4)32-26(38)28(13-29)9-10-28/h5-8,14,18-20,22,35H,9-12H2,1-4H3,(H,32,38)(H,31,33,36)/t18-,19?,20?,22?/m1/s1. The Morgan fingerprint density at radius 3 is 2.54 bits per heavy atom. The first-order chi connectivity index (χ1) is 18.4. The fourth-order valence-corrected chi connectivity index (χ4v) is 5.94. The van der Waals surface area contributed by atoms with Crippen LogP contribution in [0.25, 0.3) is 10.4 Å². The first-order valence-electron chi connectivity index (χ1n) is 13.0. The van der Waals surface area contributed by atoms with Gasteiger partial charge in [0, 0.05) is 13.0 Å². The molecule has 1 aromatic heterocycles. The summed E-state index contributed by atoms with van der Waals surface area (Å²) in [5, 5.41) is 25.6. The summed E-state index contributed by atoms with van der Waals surface area (Å²) in [6.07, 6.45) is 0.361. The van der Waals surface area contributed by atoms with E-state index in [0.29, 0.717) is 18.7 Å². The van der Waals surface area contributed by atoms with E-state index in [4.69, 9.17) is 0 Å². The molecule has 2 aliphatic heterocycles. The zero-order valence-corrected chi connectivity index (χ0v) is 23.2. The minimum atomic E-state index is -1.07. The van der Waals surface area contributed by atoms with Crippen molar-refractivity contribution < 1.29 is 19.5 Å². The van der Waals surface area contributed by atoms with Crippen LogP contribution >= 0.6 is 11.3 Å². The number of amidine groups is 1. The van der Waals surface area contributed by atoms with Crippen molar-refractivity contribution >= 4 is 34.9 Å². The average molecular weight is 549 g/mol. The maximum atomic E-state index is 13.8. The van der Waals surface area contributed by atoms with Crippen LogP contribution in [0.2, 0.25) is 0 Å². The van der Waals surface area contributed by atoms with E-state index in [9.17, 15) is 24.8 Å². The lowest BCUT2D eigenvalue weighted by Crippen LogP contribution is -2.58. The number of thiazole rings is 1. The molecule has 3 heterocycles. The molecule has 1 saturated heterocycles. The molecule has 1 aliphatic carbocycles. The molecule has 204 valence electrons. The highest BCUT2D eigenvalue weighted by atomic mass is 32.1. The van der Waals surface area contributed by atoms with Crippen LogP contribution < -0.4 is 10.6 Å². The zero-order valence-electron chi connectivity index (χ0n) is 22.4. The zero-order chi connectivity index (χ0) is 28.1. The van der Waals surface area contributed by atoms with Crippen molar-refractivity contribution in [2.45, 2.75) is 71.2 Å². The van der Waals surface area contributed by atoms with Crippen LogP contribution in [0.3, 0.4) is 0 Å². The molecule has 5 rings (SSSR count). The van der Waals surface area contributed by atoms with E-state index in [0.717, 1.165) is 21.7 Å². The minimum absolute atomic E-state index is 0.0534. The average Bonchev–Trinajstić information content (AvgIpc) is 3.18. The fourth-order valence-electron chi connectivity index (χ4n) is 5.13. The van der Waals surface area contributed by atoms with E-state index in [1.54, 1.807) is 16.8 Å². The van der Waals surface area contributed by atoms with Crippen LogP contribution in [0.5, 0.6) is 0 Å². The molecule has 3 aliphatic rings. The molecule has 0 bridgehead atoms. The lowest BCUT2D eigenvalue weighted by Gasteiger charge is -2.36. The van der Waals surface area contributed by atoms with Crippen molar-refractivity contribution in [3.63, 3.8) is 0 Å². The predicted molar refractivity (Wildman–Crippen MR) is 145 cm³/mol. The van der Waals surface area contributed by atoms with E-state index >= 15 is 0 Å². The van der Waals surface area contributed by atoms with Crippen molar-refractivity contribution in [1.82, 2.24) is 20.5 Å². The van der Waals surface area contributed by atoms with Crippen LogP contribution in [-0.4, -0.2) is 63.3 Å². The van der Waals surface area contributed by atoms with Crippen LogP contribution in [0.15, 0.2) is 34.8 Å². The van der Waals surface area contributed by atoms with Gasteiger partial charge in [0.2, 0.25) is 11.8 Å². The quantitative estimate of drug-likeness (QED) is 0.505. The van der Waals surface area contributed by atoms with Crippen molar-refractivity contribution in [3.05, 3.63) is 41.0 Å². The number of β-amino-alcohol motifs (C(OH)–C–C–N with tert-alkyl or cyclic N) is 1. The van der Waals surface area contributed by atoms with Crippen molar-refractivity contribution in [2.24, 2.45) is 15.8 Å². The second-order valence-corrected chi connectivity index (χ2v) is 12.5. The van der Waals surface area contributed by atoms with Gasteiger partial charge in [0.25, 0.3) is 5.91 Å². The summed E-state index contributed by atoms with van der Waals surface area (Å²) in [7, 11) is 0. The molecule has 3 unspecified atom stereocenters. The lowest BCUT2D eigenvalue weighted by atomic mass is 9.85. The van der Waals surface area contributed by atoms with Gasteiger partial charge in [-0.15, -0.1) is 11.3 Å². The molecule has 3 N–H and O–H groups in total. The van der Waals surface area contributed by atoms with Gasteiger partial charge in [-0.05, 0) is 36.3 Å². The predicted octanol–water partition coefficient (Wildman–Crippen LogP) is 2.48. The number of carbonyl (C=O) groups is 3. The molecule has 4 atom stereocenters. The number of likely N-dealkylation sites (tertiary alicyclic amines) is 1. The largest absolute Gasteiger partial charge is 0.391 e. The summed E-state index contributed by atoms with van der Waals surface area (Å²) >= 11 is 1.55. The number of benzene rings is 1. The van der Waals surface area contributed by atoms with E-state index in [2.05, 4.69) is 26.7 Å². The number of rotatable bonds is 6. The lowest BCUT2D eigenvalue weighted by molar-refractivity contribution is -0.140. The van der Waals surface area contributed by atoms with E-state index in [1.807, 2.05) is 52.0 Å². The van der Waals surface area contributed by atoms with Crippen LogP contribution in [0, 0.1) is 29.1 Å². The minimum Gasteiger partial charge on any atom is -0.391 e. The Labute approximate surface area is 231 Å². The number of carbonyl (C=O) groups excluding carboxylic acids is 3. The number of hydrogen-bond donors (Lipinski definition) is 3. The Kier molecular flexibility index (Phi) is 6.81. The number of hydrogen-bond acceptors (Lipinski definition) is 8. The highest BCUT2D eigenvalue weighted by molar-refractivity contribution is 7.13. The Balaban J connectivity index is 1.37. The summed E-state index contributed by atoms with van der Waals surface area (Å²) in [6, 6.07) is 7.36. The molecular formula is C28H32N6O4S. The van der Waals surface area contributed by atoms with Gasteiger partial charge in [0.05, 0.1) is 34.3 Å². The van der Waals surface area contributed by atoms with Gasteiger partial charge in [-0.3, -0.25) is 19.4 Å². The number of aliphatic imine (C=N–C) groups is 1. The Morgan fingerprint density at radius 2 is 1.97 bits per heavy atom. The highest BCUT2D eigenvalue weighted by Gasteiger charge is 2.53.